The number of halogens is 1. The summed E-state index contributed by atoms with van der Waals surface area (Å²) in [5.41, 5.74) is 1.44. The molecule has 0 saturated carbocycles. The van der Waals surface area contributed by atoms with Crippen LogP contribution >= 0.6 is 0 Å². The van der Waals surface area contributed by atoms with Gasteiger partial charge in [0.2, 0.25) is 0 Å². The second kappa shape index (κ2) is 4.12. The van der Waals surface area contributed by atoms with Crippen molar-refractivity contribution in [3.05, 3.63) is 36.2 Å². The molecule has 0 aliphatic carbocycles. The minimum absolute atomic E-state index is 0.274. The molecular weight excluding hydrogens is 139 g/mol. The van der Waals surface area contributed by atoms with Gasteiger partial charge in [-0.05, 0) is 30.1 Å². The van der Waals surface area contributed by atoms with Crippen molar-refractivity contribution < 1.29 is 4.39 Å². The molecular formula is C10H15F. The highest BCUT2D eigenvalue weighted by atomic mass is 19.1. The number of hydrogen-bond acceptors (Lipinski definition) is 0. The lowest BCUT2D eigenvalue weighted by molar-refractivity contribution is 0.648. The van der Waals surface area contributed by atoms with Crippen molar-refractivity contribution in [2.24, 2.45) is 5.92 Å². The SMILES string of the molecule is C=C/C(F)=C(/C)C(=C)C(C)C. The van der Waals surface area contributed by atoms with Gasteiger partial charge in [0.25, 0.3) is 0 Å². The number of hydrogen-bond donors (Lipinski definition) is 0. The Morgan fingerprint density at radius 3 is 2.18 bits per heavy atom. The predicted octanol–water partition coefficient (Wildman–Crippen LogP) is 3.63. The molecule has 0 fully saturated rings. The maximum absolute atomic E-state index is 12.8. The Bertz CT molecular complexity index is 197. The lowest BCUT2D eigenvalue weighted by atomic mass is 9.97. The Morgan fingerprint density at radius 2 is 1.91 bits per heavy atom. The molecule has 0 nitrogen and oxygen atoms in total. The highest BCUT2D eigenvalue weighted by molar-refractivity contribution is 5.33. The van der Waals surface area contributed by atoms with Gasteiger partial charge < -0.3 is 0 Å². The maximum atomic E-state index is 12.8. The first-order chi connectivity index (χ1) is 5.00. The van der Waals surface area contributed by atoms with Crippen molar-refractivity contribution in [3.63, 3.8) is 0 Å². The largest absolute Gasteiger partial charge is 0.207 e. The first-order valence-electron chi connectivity index (χ1n) is 3.68. The van der Waals surface area contributed by atoms with Gasteiger partial charge in [-0.15, -0.1) is 0 Å². The zero-order chi connectivity index (χ0) is 9.02. The topological polar surface area (TPSA) is 0 Å². The van der Waals surface area contributed by atoms with Gasteiger partial charge in [-0.25, -0.2) is 4.39 Å². The molecule has 0 unspecified atom stereocenters. The zero-order valence-electron chi connectivity index (χ0n) is 7.45. The van der Waals surface area contributed by atoms with Crippen LogP contribution in [0.15, 0.2) is 36.2 Å². The third-order valence-electron chi connectivity index (χ3n) is 1.72. The first-order valence-corrected chi connectivity index (χ1v) is 3.68. The van der Waals surface area contributed by atoms with E-state index in [1.165, 1.54) is 6.08 Å². The predicted molar refractivity (Wildman–Crippen MR) is 48.0 cm³/mol. The van der Waals surface area contributed by atoms with Crippen molar-refractivity contribution in [1.82, 2.24) is 0 Å². The van der Waals surface area contributed by atoms with Crippen LogP contribution in [0.5, 0.6) is 0 Å². The molecule has 0 bridgehead atoms. The normalized spacial score (nSPS) is 12.8. The molecule has 0 aromatic heterocycles. The second-order valence-electron chi connectivity index (χ2n) is 2.86. The van der Waals surface area contributed by atoms with Gasteiger partial charge in [-0.3, -0.25) is 0 Å². The fourth-order valence-electron chi connectivity index (χ4n) is 0.739. The van der Waals surface area contributed by atoms with Gasteiger partial charge in [0, 0.05) is 0 Å². The maximum Gasteiger partial charge on any atom is 0.125 e. The average molecular weight is 154 g/mol. The molecule has 0 N–H and O–H groups in total. The third-order valence-corrected chi connectivity index (χ3v) is 1.72. The van der Waals surface area contributed by atoms with Crippen LogP contribution in [-0.2, 0) is 0 Å². The quantitative estimate of drug-likeness (QED) is 0.544. The molecule has 0 heterocycles. The van der Waals surface area contributed by atoms with Crippen LogP contribution in [0.3, 0.4) is 0 Å². The Labute approximate surface area is 68.1 Å². The first kappa shape index (κ1) is 10.2. The lowest BCUT2D eigenvalue weighted by Gasteiger charge is -2.09. The molecule has 0 rings (SSSR count). The van der Waals surface area contributed by atoms with E-state index in [4.69, 9.17) is 0 Å². The standard InChI is InChI=1S/C10H15F/c1-6-10(11)9(5)8(4)7(2)3/h6-7H,1,4H2,2-3,5H3/b10-9+. The van der Waals surface area contributed by atoms with Gasteiger partial charge in [0.15, 0.2) is 0 Å². The van der Waals surface area contributed by atoms with Gasteiger partial charge in [0.05, 0.1) is 0 Å². The summed E-state index contributed by atoms with van der Waals surface area (Å²) in [6.45, 7) is 12.8. The van der Waals surface area contributed by atoms with Gasteiger partial charge in [-0.1, -0.05) is 27.0 Å². The molecule has 0 aromatic rings. The monoisotopic (exact) mass is 154 g/mol. The summed E-state index contributed by atoms with van der Waals surface area (Å²) in [5.74, 6) is 0.0180. The molecule has 0 aliphatic rings. The van der Waals surface area contributed by atoms with E-state index in [2.05, 4.69) is 13.2 Å². The summed E-state index contributed by atoms with van der Waals surface area (Å²) >= 11 is 0. The van der Waals surface area contributed by atoms with Crippen LogP contribution in [0.2, 0.25) is 0 Å². The number of allylic oxidation sites excluding steroid dienone is 4. The fraction of sp³-hybridized carbons (Fsp3) is 0.400. The van der Waals surface area contributed by atoms with Crippen LogP contribution < -0.4 is 0 Å². The van der Waals surface area contributed by atoms with Crippen molar-refractivity contribution >= 4 is 0 Å². The van der Waals surface area contributed by atoms with E-state index in [1.807, 2.05) is 13.8 Å². The summed E-state index contributed by atoms with van der Waals surface area (Å²) in [6, 6.07) is 0. The van der Waals surface area contributed by atoms with E-state index in [0.717, 1.165) is 5.57 Å². The second-order valence-corrected chi connectivity index (χ2v) is 2.86. The van der Waals surface area contributed by atoms with Crippen molar-refractivity contribution in [2.45, 2.75) is 20.8 Å². The highest BCUT2D eigenvalue weighted by Crippen LogP contribution is 2.20. The Morgan fingerprint density at radius 1 is 1.45 bits per heavy atom. The van der Waals surface area contributed by atoms with Crippen LogP contribution in [-0.4, -0.2) is 0 Å². The van der Waals surface area contributed by atoms with Crippen LogP contribution in [0.1, 0.15) is 20.8 Å². The van der Waals surface area contributed by atoms with Crippen LogP contribution in [0.25, 0.3) is 0 Å². The third kappa shape index (κ3) is 2.71. The summed E-state index contributed by atoms with van der Waals surface area (Å²) < 4.78 is 12.8. The van der Waals surface area contributed by atoms with Crippen LogP contribution in [0.4, 0.5) is 4.39 Å². The molecule has 62 valence electrons. The van der Waals surface area contributed by atoms with E-state index in [-0.39, 0.29) is 5.83 Å². The Hall–Kier alpha value is -0.850. The molecule has 0 aromatic carbocycles. The van der Waals surface area contributed by atoms with Gasteiger partial charge in [-0.2, -0.15) is 0 Å². The molecule has 11 heavy (non-hydrogen) atoms. The Kier molecular flexibility index (Phi) is 3.80. The molecule has 0 radical (unpaired) electrons. The van der Waals surface area contributed by atoms with Crippen molar-refractivity contribution in [2.75, 3.05) is 0 Å². The molecule has 0 aliphatic heterocycles. The smallest absolute Gasteiger partial charge is 0.125 e. The van der Waals surface area contributed by atoms with E-state index >= 15 is 0 Å². The van der Waals surface area contributed by atoms with E-state index in [1.54, 1.807) is 6.92 Å². The number of rotatable bonds is 3. The molecule has 1 heteroatoms. The van der Waals surface area contributed by atoms with Crippen LogP contribution in [0, 0.1) is 5.92 Å². The highest BCUT2D eigenvalue weighted by Gasteiger charge is 2.05. The lowest BCUT2D eigenvalue weighted by Crippen LogP contribution is -1.94. The zero-order valence-corrected chi connectivity index (χ0v) is 7.45. The molecule has 0 spiro atoms. The van der Waals surface area contributed by atoms with Gasteiger partial charge in [0.1, 0.15) is 5.83 Å². The summed E-state index contributed by atoms with van der Waals surface area (Å²) in [7, 11) is 0. The van der Waals surface area contributed by atoms with E-state index in [0.29, 0.717) is 11.5 Å². The fourth-order valence-corrected chi connectivity index (χ4v) is 0.739. The van der Waals surface area contributed by atoms with Gasteiger partial charge >= 0.3 is 0 Å². The molecule has 0 amide bonds. The molecule has 0 saturated heterocycles. The van der Waals surface area contributed by atoms with E-state index < -0.39 is 0 Å². The van der Waals surface area contributed by atoms with Crippen molar-refractivity contribution in [3.8, 4) is 0 Å². The average Bonchev–Trinajstić information content (AvgIpc) is 2.00. The van der Waals surface area contributed by atoms with E-state index in [9.17, 15) is 4.39 Å². The van der Waals surface area contributed by atoms with Crippen molar-refractivity contribution in [1.29, 1.82) is 0 Å². The summed E-state index contributed by atoms with van der Waals surface area (Å²) in [4.78, 5) is 0. The summed E-state index contributed by atoms with van der Waals surface area (Å²) in [5, 5.41) is 0. The summed E-state index contributed by atoms with van der Waals surface area (Å²) in [6.07, 6.45) is 1.21. The molecule has 0 atom stereocenters. The Balaban J connectivity index is 4.60. The minimum atomic E-state index is -0.274. The minimum Gasteiger partial charge on any atom is -0.207 e.